The molecule has 1 aliphatic rings. The molecule has 3 nitrogen and oxygen atoms in total. The Kier molecular flexibility index (Phi) is 4.43. The summed E-state index contributed by atoms with van der Waals surface area (Å²) < 4.78 is 0. The third kappa shape index (κ3) is 3.29. The van der Waals surface area contributed by atoms with E-state index in [0.29, 0.717) is 6.42 Å². The summed E-state index contributed by atoms with van der Waals surface area (Å²) in [4.78, 5) is 14.2. The van der Waals surface area contributed by atoms with E-state index in [4.69, 9.17) is 5.73 Å². The van der Waals surface area contributed by atoms with Crippen LogP contribution in [0.15, 0.2) is 24.3 Å². The number of piperidine rings is 1. The Bertz CT molecular complexity index is 499. The van der Waals surface area contributed by atoms with Gasteiger partial charge in [0.15, 0.2) is 0 Å². The fraction of sp³-hybridized carbons (Fsp3) is 0.611. The van der Waals surface area contributed by atoms with Crippen molar-refractivity contribution in [2.24, 2.45) is 5.73 Å². The van der Waals surface area contributed by atoms with Crippen LogP contribution in [0.25, 0.3) is 0 Å². The van der Waals surface area contributed by atoms with Crippen molar-refractivity contribution in [2.45, 2.75) is 71.0 Å². The Balaban J connectivity index is 2.35. The Morgan fingerprint density at radius 3 is 2.24 bits per heavy atom. The summed E-state index contributed by atoms with van der Waals surface area (Å²) >= 11 is 0. The van der Waals surface area contributed by atoms with Crippen molar-refractivity contribution in [1.29, 1.82) is 0 Å². The van der Waals surface area contributed by atoms with Crippen molar-refractivity contribution in [2.75, 3.05) is 0 Å². The summed E-state index contributed by atoms with van der Waals surface area (Å²) in [6, 6.07) is 8.80. The number of carbonyl (C=O) groups is 1. The minimum atomic E-state index is 0.000248. The maximum absolute atomic E-state index is 12.3. The highest BCUT2D eigenvalue weighted by molar-refractivity contribution is 5.78. The minimum absolute atomic E-state index is 0.000248. The minimum Gasteiger partial charge on any atom is -0.332 e. The van der Waals surface area contributed by atoms with Crippen LogP contribution >= 0.6 is 0 Å². The van der Waals surface area contributed by atoms with Gasteiger partial charge >= 0.3 is 0 Å². The first-order valence-electron chi connectivity index (χ1n) is 7.89. The van der Waals surface area contributed by atoms with E-state index in [9.17, 15) is 4.79 Å². The lowest BCUT2D eigenvalue weighted by atomic mass is 9.84. The van der Waals surface area contributed by atoms with Gasteiger partial charge in [-0.15, -0.1) is 0 Å². The number of rotatable bonds is 2. The van der Waals surface area contributed by atoms with Crippen molar-refractivity contribution < 1.29 is 4.79 Å². The van der Waals surface area contributed by atoms with Crippen LogP contribution < -0.4 is 5.73 Å². The van der Waals surface area contributed by atoms with Crippen molar-refractivity contribution in [3.05, 3.63) is 35.4 Å². The van der Waals surface area contributed by atoms with Crippen LogP contribution in [0.2, 0.25) is 0 Å². The van der Waals surface area contributed by atoms with Crippen molar-refractivity contribution >= 4 is 5.91 Å². The highest BCUT2D eigenvalue weighted by Gasteiger charge is 2.36. The Labute approximate surface area is 128 Å². The molecule has 0 bridgehead atoms. The quantitative estimate of drug-likeness (QED) is 0.906. The number of carbonyl (C=O) groups excluding carboxylic acids is 1. The van der Waals surface area contributed by atoms with Gasteiger partial charge in [-0.25, -0.2) is 0 Å². The van der Waals surface area contributed by atoms with Crippen LogP contribution in [-0.2, 0) is 10.2 Å². The second-order valence-corrected chi connectivity index (χ2v) is 7.41. The molecule has 2 atom stereocenters. The fourth-order valence-electron chi connectivity index (χ4n) is 3.14. The number of hydrogen-bond donors (Lipinski definition) is 1. The SMILES string of the molecule is CC(C)N1C(=O)CCC(N)C1c1ccc(C(C)(C)C)cc1. The molecule has 0 spiro atoms. The molecule has 3 heteroatoms. The molecule has 1 aromatic carbocycles. The summed E-state index contributed by atoms with van der Waals surface area (Å²) in [5.41, 5.74) is 8.93. The van der Waals surface area contributed by atoms with Gasteiger partial charge in [-0.1, -0.05) is 45.0 Å². The molecule has 0 aliphatic carbocycles. The van der Waals surface area contributed by atoms with Gasteiger partial charge in [0, 0.05) is 18.5 Å². The Morgan fingerprint density at radius 1 is 1.19 bits per heavy atom. The normalized spacial score (nSPS) is 23.8. The monoisotopic (exact) mass is 288 g/mol. The Hall–Kier alpha value is -1.35. The number of likely N-dealkylation sites (tertiary alicyclic amines) is 1. The highest BCUT2D eigenvalue weighted by Crippen LogP contribution is 2.33. The van der Waals surface area contributed by atoms with Gasteiger partial charge in [-0.3, -0.25) is 4.79 Å². The number of amides is 1. The predicted molar refractivity (Wildman–Crippen MR) is 87.1 cm³/mol. The average Bonchev–Trinajstić information content (AvgIpc) is 2.40. The number of hydrogen-bond acceptors (Lipinski definition) is 2. The van der Waals surface area contributed by atoms with E-state index in [1.54, 1.807) is 0 Å². The standard InChI is InChI=1S/C18H28N2O/c1-12(2)20-16(21)11-10-15(19)17(20)13-6-8-14(9-7-13)18(3,4)5/h6-9,12,15,17H,10-11,19H2,1-5H3. The summed E-state index contributed by atoms with van der Waals surface area (Å²) in [6.07, 6.45) is 1.34. The molecule has 1 fully saturated rings. The maximum Gasteiger partial charge on any atom is 0.223 e. The number of nitrogens with two attached hydrogens (primary N) is 1. The van der Waals surface area contributed by atoms with Crippen LogP contribution in [0, 0.1) is 0 Å². The third-order valence-electron chi connectivity index (χ3n) is 4.36. The summed E-state index contributed by atoms with van der Waals surface area (Å²) in [5.74, 6) is 0.219. The molecule has 2 N–H and O–H groups in total. The molecule has 1 amide bonds. The zero-order chi connectivity index (χ0) is 15.8. The molecule has 2 rings (SSSR count). The molecule has 2 unspecified atom stereocenters. The van der Waals surface area contributed by atoms with Crippen molar-refractivity contribution in [1.82, 2.24) is 4.90 Å². The van der Waals surface area contributed by atoms with Crippen molar-refractivity contribution in [3.8, 4) is 0 Å². The van der Waals surface area contributed by atoms with Crippen LogP contribution in [0.1, 0.15) is 64.6 Å². The molecule has 1 saturated heterocycles. The second kappa shape index (κ2) is 5.80. The first-order chi connectivity index (χ1) is 9.71. The van der Waals surface area contributed by atoms with Crippen LogP contribution in [0.3, 0.4) is 0 Å². The van der Waals surface area contributed by atoms with E-state index >= 15 is 0 Å². The lowest BCUT2D eigenvalue weighted by molar-refractivity contribution is -0.139. The molecule has 116 valence electrons. The summed E-state index contributed by atoms with van der Waals surface area (Å²) in [7, 11) is 0. The summed E-state index contributed by atoms with van der Waals surface area (Å²) in [6.45, 7) is 10.7. The molecule has 21 heavy (non-hydrogen) atoms. The molecule has 1 aromatic rings. The molecular weight excluding hydrogens is 260 g/mol. The average molecular weight is 288 g/mol. The van der Waals surface area contributed by atoms with Gasteiger partial charge in [0.1, 0.15) is 0 Å². The number of benzene rings is 1. The highest BCUT2D eigenvalue weighted by atomic mass is 16.2. The zero-order valence-electron chi connectivity index (χ0n) is 13.9. The molecule has 0 saturated carbocycles. The van der Waals surface area contributed by atoms with Gasteiger partial charge in [0.2, 0.25) is 5.91 Å². The third-order valence-corrected chi connectivity index (χ3v) is 4.36. The first kappa shape index (κ1) is 16.0. The first-order valence-corrected chi connectivity index (χ1v) is 7.89. The van der Waals surface area contributed by atoms with Gasteiger partial charge in [0.25, 0.3) is 0 Å². The molecule has 0 aromatic heterocycles. The van der Waals surface area contributed by atoms with E-state index in [0.717, 1.165) is 12.0 Å². The predicted octanol–water partition coefficient (Wildman–Crippen LogP) is 3.38. The van der Waals surface area contributed by atoms with Gasteiger partial charge in [-0.2, -0.15) is 0 Å². The zero-order valence-corrected chi connectivity index (χ0v) is 13.9. The van der Waals surface area contributed by atoms with Gasteiger partial charge < -0.3 is 10.6 Å². The smallest absolute Gasteiger partial charge is 0.223 e. The van der Waals surface area contributed by atoms with Crippen LogP contribution in [0.4, 0.5) is 0 Å². The molecule has 0 radical (unpaired) electrons. The second-order valence-electron chi connectivity index (χ2n) is 7.41. The van der Waals surface area contributed by atoms with Gasteiger partial charge in [-0.05, 0) is 36.8 Å². The van der Waals surface area contributed by atoms with Crippen molar-refractivity contribution in [3.63, 3.8) is 0 Å². The lowest BCUT2D eigenvalue weighted by Gasteiger charge is -2.42. The molecule has 1 heterocycles. The van der Waals surface area contributed by atoms with E-state index in [-0.39, 0.29) is 29.4 Å². The van der Waals surface area contributed by atoms with Crippen LogP contribution in [0.5, 0.6) is 0 Å². The summed E-state index contributed by atoms with van der Waals surface area (Å²) in [5, 5.41) is 0. The number of nitrogens with zero attached hydrogens (tertiary/aromatic N) is 1. The van der Waals surface area contributed by atoms with Gasteiger partial charge in [0.05, 0.1) is 6.04 Å². The lowest BCUT2D eigenvalue weighted by Crippen LogP contribution is -2.51. The Morgan fingerprint density at radius 2 is 1.76 bits per heavy atom. The van der Waals surface area contributed by atoms with Crippen LogP contribution in [-0.4, -0.2) is 22.9 Å². The van der Waals surface area contributed by atoms with E-state index in [1.165, 1.54) is 5.56 Å². The largest absolute Gasteiger partial charge is 0.332 e. The maximum atomic E-state index is 12.3. The fourth-order valence-corrected chi connectivity index (χ4v) is 3.14. The van der Waals surface area contributed by atoms with E-state index in [1.807, 2.05) is 4.90 Å². The molecule has 1 aliphatic heterocycles. The van der Waals surface area contributed by atoms with E-state index < -0.39 is 0 Å². The molecular formula is C18H28N2O. The van der Waals surface area contributed by atoms with E-state index in [2.05, 4.69) is 58.9 Å². The topological polar surface area (TPSA) is 46.3 Å².